The third-order valence-electron chi connectivity index (χ3n) is 5.73. The zero-order valence-corrected chi connectivity index (χ0v) is 18.2. The number of ether oxygens (including phenoxy) is 2. The zero-order chi connectivity index (χ0) is 23.8. The molecule has 1 aromatic carbocycles. The molecule has 5 rings (SSSR count). The van der Waals surface area contributed by atoms with Crippen molar-refractivity contribution in [1.29, 1.82) is 0 Å². The van der Waals surface area contributed by atoms with Gasteiger partial charge in [-0.05, 0) is 36.6 Å². The number of carbonyl (C=O) groups excluding carboxylic acids is 2. The van der Waals surface area contributed by atoms with Gasteiger partial charge in [0.05, 0.1) is 18.3 Å². The summed E-state index contributed by atoms with van der Waals surface area (Å²) in [5, 5.41) is 6.51. The van der Waals surface area contributed by atoms with Crippen LogP contribution < -0.4 is 25.8 Å². The maximum atomic E-state index is 14.5. The molecule has 3 aromatic rings. The van der Waals surface area contributed by atoms with E-state index in [9.17, 15) is 18.8 Å². The third kappa shape index (κ3) is 4.03. The molecule has 2 amide bonds. The third-order valence-corrected chi connectivity index (χ3v) is 5.73. The van der Waals surface area contributed by atoms with Gasteiger partial charge in [0.15, 0.2) is 18.2 Å². The zero-order valence-electron chi connectivity index (χ0n) is 18.2. The number of benzene rings is 1. The number of rotatable bonds is 6. The molecule has 0 aliphatic carbocycles. The van der Waals surface area contributed by atoms with Crippen molar-refractivity contribution in [3.63, 3.8) is 0 Å². The topological polar surface area (TPSA) is 128 Å². The van der Waals surface area contributed by atoms with E-state index in [-0.39, 0.29) is 48.0 Å². The molecule has 0 saturated carbocycles. The van der Waals surface area contributed by atoms with E-state index in [1.54, 1.807) is 19.2 Å². The fourth-order valence-corrected chi connectivity index (χ4v) is 4.06. The van der Waals surface area contributed by atoms with E-state index in [1.165, 1.54) is 27.8 Å². The van der Waals surface area contributed by atoms with Crippen LogP contribution >= 0.6 is 0 Å². The van der Waals surface area contributed by atoms with Crippen LogP contribution in [0.4, 0.5) is 20.8 Å². The van der Waals surface area contributed by atoms with Crippen molar-refractivity contribution in [2.24, 2.45) is 7.05 Å². The van der Waals surface area contributed by atoms with Crippen molar-refractivity contribution >= 4 is 34.5 Å². The molecule has 2 aliphatic heterocycles. The van der Waals surface area contributed by atoms with Crippen LogP contribution in [0.3, 0.4) is 0 Å². The molecular formula is C22H21FN6O5. The van der Waals surface area contributed by atoms with E-state index in [0.29, 0.717) is 30.6 Å². The predicted molar refractivity (Wildman–Crippen MR) is 119 cm³/mol. The molecule has 0 radical (unpaired) electrons. The summed E-state index contributed by atoms with van der Waals surface area (Å²) in [4.78, 5) is 45.5. The summed E-state index contributed by atoms with van der Waals surface area (Å²) in [6.45, 7) is 0.839. The van der Waals surface area contributed by atoms with E-state index < -0.39 is 12.2 Å². The first-order valence-corrected chi connectivity index (χ1v) is 10.7. The highest BCUT2D eigenvalue weighted by atomic mass is 19.1. The Bertz CT molecular complexity index is 1360. The lowest BCUT2D eigenvalue weighted by molar-refractivity contribution is -0.118. The van der Waals surface area contributed by atoms with Gasteiger partial charge in [0, 0.05) is 25.2 Å². The van der Waals surface area contributed by atoms with Gasteiger partial charge in [-0.15, -0.1) is 0 Å². The van der Waals surface area contributed by atoms with Crippen molar-refractivity contribution in [3.8, 4) is 5.88 Å². The average molecular weight is 468 g/mol. The second-order valence-corrected chi connectivity index (χ2v) is 7.98. The molecule has 176 valence electrons. The summed E-state index contributed by atoms with van der Waals surface area (Å²) in [5.41, 5.74) is 0.806. The number of pyridine rings is 1. The Hall–Kier alpha value is -4.06. The summed E-state index contributed by atoms with van der Waals surface area (Å²) in [5.74, 6) is -0.165. The van der Waals surface area contributed by atoms with Crippen LogP contribution in [0.25, 0.3) is 10.9 Å². The maximum Gasteiger partial charge on any atom is 0.416 e. The standard InChI is InChI=1S/C22H21FN6O5/c1-28-18(31)5-3-12-2-4-15(23)14(19(12)28)6-7-24-8-13-10-29(22(32)34-13)16-9-25-21-20(26-16)27-17(30)11-33-21/h2-5,9,13,24H,6-8,10-11H2,1H3,(H,26,27,30)/t13-/m1/s1. The van der Waals surface area contributed by atoms with Gasteiger partial charge >= 0.3 is 6.09 Å². The van der Waals surface area contributed by atoms with Gasteiger partial charge in [-0.1, -0.05) is 0 Å². The predicted octanol–water partition coefficient (Wildman–Crippen LogP) is 0.956. The van der Waals surface area contributed by atoms with Crippen LogP contribution in [0, 0.1) is 5.82 Å². The van der Waals surface area contributed by atoms with E-state index in [2.05, 4.69) is 20.6 Å². The molecular weight excluding hydrogens is 447 g/mol. The molecule has 1 saturated heterocycles. The summed E-state index contributed by atoms with van der Waals surface area (Å²) in [6, 6.07) is 6.18. The Kier molecular flexibility index (Phi) is 5.57. The first kappa shape index (κ1) is 21.8. The second-order valence-electron chi connectivity index (χ2n) is 7.98. The van der Waals surface area contributed by atoms with Crippen LogP contribution in [0.2, 0.25) is 0 Å². The highest BCUT2D eigenvalue weighted by Gasteiger charge is 2.34. The number of fused-ring (bicyclic) bond motifs is 2. The van der Waals surface area contributed by atoms with Gasteiger partial charge in [-0.3, -0.25) is 14.5 Å². The number of aryl methyl sites for hydroxylation is 1. The van der Waals surface area contributed by atoms with Gasteiger partial charge in [0.25, 0.3) is 17.3 Å². The lowest BCUT2D eigenvalue weighted by atomic mass is 10.1. The summed E-state index contributed by atoms with van der Waals surface area (Å²) in [6.07, 6.45) is 0.680. The summed E-state index contributed by atoms with van der Waals surface area (Å²) in [7, 11) is 1.62. The molecule has 0 unspecified atom stereocenters. The van der Waals surface area contributed by atoms with Crippen molar-refractivity contribution < 1.29 is 23.5 Å². The van der Waals surface area contributed by atoms with E-state index in [4.69, 9.17) is 9.47 Å². The first-order valence-electron chi connectivity index (χ1n) is 10.7. The Morgan fingerprint density at radius 2 is 2.06 bits per heavy atom. The number of nitrogens with one attached hydrogen (secondary N) is 2. The second kappa shape index (κ2) is 8.71. The highest BCUT2D eigenvalue weighted by molar-refractivity contribution is 5.94. The molecule has 34 heavy (non-hydrogen) atoms. The van der Waals surface area contributed by atoms with Crippen LogP contribution in [0.15, 0.2) is 35.3 Å². The number of halogens is 1. The minimum Gasteiger partial charge on any atom is -0.465 e. The van der Waals surface area contributed by atoms with Gasteiger partial charge in [-0.2, -0.15) is 0 Å². The molecule has 1 fully saturated rings. The summed E-state index contributed by atoms with van der Waals surface area (Å²) >= 11 is 0. The van der Waals surface area contributed by atoms with Crippen LogP contribution in [-0.2, 0) is 23.0 Å². The molecule has 2 aliphatic rings. The van der Waals surface area contributed by atoms with Crippen molar-refractivity contribution in [1.82, 2.24) is 19.9 Å². The fourth-order valence-electron chi connectivity index (χ4n) is 4.06. The monoisotopic (exact) mass is 468 g/mol. The Labute approximate surface area is 192 Å². The Balaban J connectivity index is 1.21. The quantitative estimate of drug-likeness (QED) is 0.512. The Morgan fingerprint density at radius 1 is 1.24 bits per heavy atom. The van der Waals surface area contributed by atoms with Crippen molar-refractivity contribution in [2.45, 2.75) is 12.5 Å². The number of aromatic nitrogens is 3. The first-order chi connectivity index (χ1) is 16.4. The van der Waals surface area contributed by atoms with E-state index >= 15 is 0 Å². The minimum atomic E-state index is -0.584. The molecule has 11 nitrogen and oxygen atoms in total. The average Bonchev–Trinajstić information content (AvgIpc) is 3.20. The number of carbonyl (C=O) groups is 2. The SMILES string of the molecule is Cn1c(=O)ccc2ccc(F)c(CCNC[C@@H]3CN(c4cnc5c(n4)NC(=O)CO5)C(=O)O3)c21. The van der Waals surface area contributed by atoms with E-state index in [0.717, 1.165) is 5.39 Å². The lowest BCUT2D eigenvalue weighted by Gasteiger charge is -2.18. The molecule has 12 heteroatoms. The van der Waals surface area contributed by atoms with Crippen LogP contribution in [0.1, 0.15) is 5.56 Å². The summed E-state index contributed by atoms with van der Waals surface area (Å²) < 4.78 is 26.5. The van der Waals surface area contributed by atoms with Gasteiger partial charge < -0.3 is 24.7 Å². The number of hydrogen-bond donors (Lipinski definition) is 2. The fraction of sp³-hybridized carbons (Fsp3) is 0.318. The number of amides is 2. The van der Waals surface area contributed by atoms with Crippen molar-refractivity contribution in [2.75, 3.05) is 36.5 Å². The van der Waals surface area contributed by atoms with Gasteiger partial charge in [0.1, 0.15) is 11.9 Å². The van der Waals surface area contributed by atoms with Gasteiger partial charge in [0.2, 0.25) is 0 Å². The maximum absolute atomic E-state index is 14.5. The van der Waals surface area contributed by atoms with Crippen LogP contribution in [0.5, 0.6) is 5.88 Å². The molecule has 2 aromatic heterocycles. The van der Waals surface area contributed by atoms with E-state index in [1.807, 2.05) is 0 Å². The Morgan fingerprint density at radius 3 is 2.91 bits per heavy atom. The van der Waals surface area contributed by atoms with Gasteiger partial charge in [-0.25, -0.2) is 19.2 Å². The molecule has 1 atom stereocenters. The lowest BCUT2D eigenvalue weighted by Crippen LogP contribution is -2.33. The highest BCUT2D eigenvalue weighted by Crippen LogP contribution is 2.27. The smallest absolute Gasteiger partial charge is 0.416 e. The van der Waals surface area contributed by atoms with Crippen molar-refractivity contribution in [3.05, 3.63) is 52.2 Å². The largest absolute Gasteiger partial charge is 0.465 e. The van der Waals surface area contributed by atoms with Crippen LogP contribution in [-0.4, -0.2) is 58.9 Å². The normalized spacial score (nSPS) is 17.4. The number of nitrogens with zero attached hydrogens (tertiary/aromatic N) is 4. The molecule has 2 N–H and O–H groups in total. The molecule has 0 spiro atoms. The number of anilines is 2. The number of cyclic esters (lactones) is 1. The molecule has 4 heterocycles. The number of hydrogen-bond acceptors (Lipinski definition) is 8. The minimum absolute atomic E-state index is 0.139. The molecule has 0 bridgehead atoms.